The molecule has 6 nitrogen and oxygen atoms in total. The lowest BCUT2D eigenvalue weighted by Gasteiger charge is -2.22. The molecule has 0 saturated heterocycles. The van der Waals surface area contributed by atoms with E-state index in [4.69, 9.17) is 14.6 Å². The standard InChI is InChI=1S/C16H17NO5S3/c1-16(2,3)22-12-6-11(10-24(18)19)7-14(8-12)25(20,21)15-5-4-13(9-17)23-15/h4-8H,10H2,1-3H3,(H,18,19). The van der Waals surface area contributed by atoms with Crippen LogP contribution in [0.2, 0.25) is 0 Å². The summed E-state index contributed by atoms with van der Waals surface area (Å²) in [5.74, 6) is 0.0867. The second-order valence-corrected chi connectivity index (χ2v) is 10.4. The molecule has 0 aliphatic rings. The Hall–Kier alpha value is -1.73. The molecule has 0 bridgehead atoms. The lowest BCUT2D eigenvalue weighted by atomic mass is 10.2. The number of thiophene rings is 1. The van der Waals surface area contributed by atoms with Gasteiger partial charge in [-0.15, -0.1) is 11.3 Å². The van der Waals surface area contributed by atoms with Crippen molar-refractivity contribution in [2.75, 3.05) is 0 Å². The van der Waals surface area contributed by atoms with Crippen molar-refractivity contribution in [3.05, 3.63) is 40.8 Å². The summed E-state index contributed by atoms with van der Waals surface area (Å²) < 4.78 is 51.7. The third kappa shape index (κ3) is 5.12. The van der Waals surface area contributed by atoms with Crippen molar-refractivity contribution < 1.29 is 21.9 Å². The Bertz CT molecular complexity index is 949. The number of hydrogen-bond donors (Lipinski definition) is 1. The number of hydrogen-bond acceptors (Lipinski definition) is 6. The monoisotopic (exact) mass is 399 g/mol. The van der Waals surface area contributed by atoms with Gasteiger partial charge in [0.2, 0.25) is 9.84 Å². The summed E-state index contributed by atoms with van der Waals surface area (Å²) in [5, 5.41) is 8.89. The van der Waals surface area contributed by atoms with Crippen molar-refractivity contribution in [1.82, 2.24) is 0 Å². The molecule has 0 aliphatic heterocycles. The highest BCUT2D eigenvalue weighted by Gasteiger charge is 2.23. The molecular weight excluding hydrogens is 382 g/mol. The topological polar surface area (TPSA) is 104 Å². The Labute approximate surface area is 153 Å². The Morgan fingerprint density at radius 1 is 1.28 bits per heavy atom. The summed E-state index contributed by atoms with van der Waals surface area (Å²) in [7, 11) is -3.86. The molecule has 9 heteroatoms. The minimum absolute atomic E-state index is 0.0352. The van der Waals surface area contributed by atoms with E-state index >= 15 is 0 Å². The number of ether oxygens (including phenoxy) is 1. The average molecular weight is 400 g/mol. The molecule has 0 radical (unpaired) electrons. The van der Waals surface area contributed by atoms with Crippen LogP contribution >= 0.6 is 11.3 Å². The first-order chi connectivity index (χ1) is 11.5. The highest BCUT2D eigenvalue weighted by Crippen LogP contribution is 2.31. The zero-order chi connectivity index (χ0) is 18.8. The van der Waals surface area contributed by atoms with Crippen LogP contribution in [0, 0.1) is 11.3 Å². The lowest BCUT2D eigenvalue weighted by Crippen LogP contribution is -2.23. The molecule has 1 aromatic heterocycles. The van der Waals surface area contributed by atoms with Crippen LogP contribution in [-0.2, 0) is 26.7 Å². The second kappa shape index (κ2) is 7.25. The molecule has 1 aromatic carbocycles. The fourth-order valence-electron chi connectivity index (χ4n) is 2.07. The molecule has 25 heavy (non-hydrogen) atoms. The van der Waals surface area contributed by atoms with E-state index in [1.54, 1.807) is 6.07 Å². The van der Waals surface area contributed by atoms with Crippen LogP contribution in [0.1, 0.15) is 31.2 Å². The summed E-state index contributed by atoms with van der Waals surface area (Å²) in [6.07, 6.45) is 0. The van der Waals surface area contributed by atoms with Crippen LogP contribution in [-0.4, -0.2) is 22.8 Å². The van der Waals surface area contributed by atoms with Gasteiger partial charge in [-0.3, -0.25) is 0 Å². The summed E-state index contributed by atoms with van der Waals surface area (Å²) in [4.78, 5) is 0.249. The van der Waals surface area contributed by atoms with Crippen molar-refractivity contribution in [2.24, 2.45) is 0 Å². The zero-order valence-corrected chi connectivity index (χ0v) is 16.3. The molecular formula is C16H17NO5S3. The molecule has 1 unspecified atom stereocenters. The van der Waals surface area contributed by atoms with E-state index in [1.165, 1.54) is 24.3 Å². The van der Waals surface area contributed by atoms with Gasteiger partial charge < -0.3 is 9.29 Å². The summed E-state index contributed by atoms with van der Waals surface area (Å²) in [6, 6.07) is 9.01. The largest absolute Gasteiger partial charge is 0.488 e. The van der Waals surface area contributed by atoms with E-state index in [-0.39, 0.29) is 19.7 Å². The van der Waals surface area contributed by atoms with Crippen molar-refractivity contribution in [3.8, 4) is 11.8 Å². The van der Waals surface area contributed by atoms with Crippen molar-refractivity contribution >= 4 is 32.3 Å². The first-order valence-electron chi connectivity index (χ1n) is 7.17. The molecule has 0 saturated carbocycles. The highest BCUT2D eigenvalue weighted by molar-refractivity contribution is 7.93. The van der Waals surface area contributed by atoms with Crippen LogP contribution in [0.3, 0.4) is 0 Å². The van der Waals surface area contributed by atoms with Gasteiger partial charge in [-0.25, -0.2) is 12.6 Å². The van der Waals surface area contributed by atoms with Gasteiger partial charge in [0.15, 0.2) is 11.1 Å². The molecule has 1 atom stereocenters. The van der Waals surface area contributed by atoms with E-state index in [9.17, 15) is 12.6 Å². The van der Waals surface area contributed by atoms with Gasteiger partial charge in [-0.1, -0.05) is 0 Å². The Morgan fingerprint density at radius 2 is 1.96 bits per heavy atom. The Kier molecular flexibility index (Phi) is 5.68. The van der Waals surface area contributed by atoms with E-state index < -0.39 is 26.5 Å². The van der Waals surface area contributed by atoms with Crippen molar-refractivity contribution in [3.63, 3.8) is 0 Å². The zero-order valence-electron chi connectivity index (χ0n) is 13.8. The van der Waals surface area contributed by atoms with Gasteiger partial charge >= 0.3 is 0 Å². The SMILES string of the molecule is CC(C)(C)Oc1cc(CS(=O)O)cc(S(=O)(=O)c2ccc(C#N)s2)c1. The van der Waals surface area contributed by atoms with E-state index in [0.29, 0.717) is 11.3 Å². The average Bonchev–Trinajstić information content (AvgIpc) is 2.94. The van der Waals surface area contributed by atoms with E-state index in [0.717, 1.165) is 11.3 Å². The van der Waals surface area contributed by atoms with Crippen LogP contribution in [0.5, 0.6) is 5.75 Å². The maximum Gasteiger partial charge on any atom is 0.216 e. The maximum absolute atomic E-state index is 12.8. The van der Waals surface area contributed by atoms with Crippen LogP contribution in [0.25, 0.3) is 0 Å². The maximum atomic E-state index is 12.8. The van der Waals surface area contributed by atoms with Gasteiger partial charge in [0.1, 0.15) is 26.5 Å². The minimum Gasteiger partial charge on any atom is -0.488 e. The first kappa shape index (κ1) is 19.6. The fourth-order valence-corrected chi connectivity index (χ4v) is 5.11. The smallest absolute Gasteiger partial charge is 0.216 e. The molecule has 0 amide bonds. The normalized spacial score (nSPS) is 13.2. The third-order valence-corrected chi connectivity index (χ3v) is 6.72. The molecule has 1 N–H and O–H groups in total. The second-order valence-electron chi connectivity index (χ2n) is 6.23. The number of rotatable bonds is 5. The number of nitriles is 1. The first-order valence-corrected chi connectivity index (χ1v) is 10.7. The quantitative estimate of drug-likeness (QED) is 0.773. The van der Waals surface area contributed by atoms with Crippen molar-refractivity contribution in [2.45, 2.75) is 41.2 Å². The summed E-state index contributed by atoms with van der Waals surface area (Å²) in [5.41, 5.74) is -0.187. The number of sulfone groups is 1. The van der Waals surface area contributed by atoms with Gasteiger partial charge in [0.25, 0.3) is 0 Å². The molecule has 134 valence electrons. The van der Waals surface area contributed by atoms with Gasteiger partial charge in [0, 0.05) is 0 Å². The highest BCUT2D eigenvalue weighted by atomic mass is 32.2. The minimum atomic E-state index is -3.86. The van der Waals surface area contributed by atoms with E-state index in [2.05, 4.69) is 0 Å². The fraction of sp³-hybridized carbons (Fsp3) is 0.312. The third-order valence-electron chi connectivity index (χ3n) is 2.92. The Morgan fingerprint density at radius 3 is 2.48 bits per heavy atom. The molecule has 2 rings (SSSR count). The Balaban J connectivity index is 2.56. The molecule has 0 fully saturated rings. The van der Waals surface area contributed by atoms with Crippen LogP contribution in [0.4, 0.5) is 0 Å². The van der Waals surface area contributed by atoms with Crippen LogP contribution in [0.15, 0.2) is 39.4 Å². The predicted octanol–water partition coefficient (Wildman–Crippen LogP) is 3.35. The summed E-state index contributed by atoms with van der Waals surface area (Å²) >= 11 is -1.24. The molecule has 2 aromatic rings. The molecule has 1 heterocycles. The van der Waals surface area contributed by atoms with Gasteiger partial charge in [0.05, 0.1) is 10.6 Å². The van der Waals surface area contributed by atoms with E-state index in [1.807, 2.05) is 26.8 Å². The lowest BCUT2D eigenvalue weighted by molar-refractivity contribution is 0.130. The molecule has 0 spiro atoms. The predicted molar refractivity (Wildman–Crippen MR) is 95.8 cm³/mol. The molecule has 0 aliphatic carbocycles. The van der Waals surface area contributed by atoms with Crippen LogP contribution < -0.4 is 4.74 Å². The van der Waals surface area contributed by atoms with Gasteiger partial charge in [-0.2, -0.15) is 5.26 Å². The van der Waals surface area contributed by atoms with Gasteiger partial charge in [-0.05, 0) is 56.7 Å². The number of nitrogens with zero attached hydrogens (tertiary/aromatic N) is 1. The number of benzene rings is 1. The van der Waals surface area contributed by atoms with Crippen molar-refractivity contribution in [1.29, 1.82) is 5.26 Å². The summed E-state index contributed by atoms with van der Waals surface area (Å²) in [6.45, 7) is 5.45.